The maximum atomic E-state index is 13.8. The summed E-state index contributed by atoms with van der Waals surface area (Å²) in [6.45, 7) is 5.23. The quantitative estimate of drug-likeness (QED) is 0.900. The highest BCUT2D eigenvalue weighted by molar-refractivity contribution is 9.10. The van der Waals surface area contributed by atoms with Gasteiger partial charge in [-0.1, -0.05) is 6.92 Å². The van der Waals surface area contributed by atoms with Gasteiger partial charge in [0.25, 0.3) is 0 Å². The van der Waals surface area contributed by atoms with Crippen molar-refractivity contribution in [2.24, 2.45) is 5.41 Å². The van der Waals surface area contributed by atoms with E-state index in [1.165, 1.54) is 6.07 Å². The van der Waals surface area contributed by atoms with Crippen molar-refractivity contribution >= 4 is 32.9 Å². The van der Waals surface area contributed by atoms with Crippen LogP contribution in [0.2, 0.25) is 0 Å². The fourth-order valence-corrected chi connectivity index (χ4v) is 3.33. The van der Waals surface area contributed by atoms with Crippen molar-refractivity contribution in [1.29, 1.82) is 0 Å². The fraction of sp³-hybridized carbons (Fsp3) is 0.533. The molecule has 0 unspecified atom stereocenters. The van der Waals surface area contributed by atoms with E-state index >= 15 is 0 Å². The van der Waals surface area contributed by atoms with Crippen LogP contribution in [-0.4, -0.2) is 34.6 Å². The van der Waals surface area contributed by atoms with Crippen molar-refractivity contribution in [2.75, 3.05) is 25.9 Å². The van der Waals surface area contributed by atoms with Gasteiger partial charge in [-0.25, -0.2) is 9.37 Å². The summed E-state index contributed by atoms with van der Waals surface area (Å²) >= 11 is 3.20. The van der Waals surface area contributed by atoms with Crippen molar-refractivity contribution in [3.05, 3.63) is 22.4 Å². The zero-order chi connectivity index (χ0) is 15.2. The molecule has 1 aromatic heterocycles. The minimum Gasteiger partial charge on any atom is -0.369 e. The Hall–Kier alpha value is -1.14. The van der Waals surface area contributed by atoms with Gasteiger partial charge in [-0.05, 0) is 60.4 Å². The van der Waals surface area contributed by atoms with Crippen LogP contribution in [0, 0.1) is 11.2 Å². The highest BCUT2D eigenvalue weighted by Gasteiger charge is 2.30. The Morgan fingerprint density at radius 2 is 2.05 bits per heavy atom. The topological polar surface area (TPSA) is 47.1 Å². The number of benzene rings is 1. The first-order chi connectivity index (χ1) is 9.88. The molecule has 6 heteroatoms. The minimum atomic E-state index is -0.280. The van der Waals surface area contributed by atoms with Gasteiger partial charge in [0.2, 0.25) is 5.95 Å². The molecule has 2 N–H and O–H groups in total. The summed E-state index contributed by atoms with van der Waals surface area (Å²) in [7, 11) is 2.15. The number of nitrogens with zero attached hydrogens (tertiary/aromatic N) is 3. The Balaban J connectivity index is 1.97. The first kappa shape index (κ1) is 14.8. The molecule has 0 amide bonds. The number of nitrogens with two attached hydrogens (primary N) is 1. The summed E-state index contributed by atoms with van der Waals surface area (Å²) in [4.78, 5) is 6.70. The number of likely N-dealkylation sites (tertiary alicyclic amines) is 1. The molecule has 1 aliphatic heterocycles. The van der Waals surface area contributed by atoms with Crippen LogP contribution in [0.25, 0.3) is 11.0 Å². The van der Waals surface area contributed by atoms with Gasteiger partial charge in [0.05, 0.1) is 15.5 Å². The van der Waals surface area contributed by atoms with Crippen molar-refractivity contribution in [1.82, 2.24) is 14.5 Å². The van der Waals surface area contributed by atoms with Crippen molar-refractivity contribution in [2.45, 2.75) is 26.3 Å². The van der Waals surface area contributed by atoms with Gasteiger partial charge in [-0.15, -0.1) is 0 Å². The average Bonchev–Trinajstić information content (AvgIpc) is 2.71. The molecule has 3 rings (SSSR count). The van der Waals surface area contributed by atoms with Gasteiger partial charge < -0.3 is 15.2 Å². The third-order valence-electron chi connectivity index (χ3n) is 4.55. The van der Waals surface area contributed by atoms with E-state index in [9.17, 15) is 4.39 Å². The molecule has 0 radical (unpaired) electrons. The van der Waals surface area contributed by atoms with E-state index < -0.39 is 0 Å². The normalized spacial score (nSPS) is 19.2. The van der Waals surface area contributed by atoms with Crippen molar-refractivity contribution in [3.63, 3.8) is 0 Å². The molecule has 1 aromatic carbocycles. The number of anilines is 1. The molecule has 2 aromatic rings. The molecule has 21 heavy (non-hydrogen) atoms. The number of imidazole rings is 1. The van der Waals surface area contributed by atoms with Crippen LogP contribution in [0.15, 0.2) is 16.6 Å². The molecule has 1 saturated heterocycles. The summed E-state index contributed by atoms with van der Waals surface area (Å²) in [5, 5.41) is 0. The third-order valence-corrected chi connectivity index (χ3v) is 5.16. The number of nitrogen functional groups attached to an aromatic ring is 1. The van der Waals surface area contributed by atoms with Gasteiger partial charge >= 0.3 is 0 Å². The molecule has 2 heterocycles. The Bertz CT molecular complexity index is 674. The predicted octanol–water partition coefficient (Wildman–Crippen LogP) is 3.25. The Morgan fingerprint density at radius 1 is 1.38 bits per heavy atom. The second-order valence-electron chi connectivity index (χ2n) is 6.43. The Kier molecular flexibility index (Phi) is 3.69. The van der Waals surface area contributed by atoms with Gasteiger partial charge in [0.1, 0.15) is 5.82 Å². The van der Waals surface area contributed by atoms with Crippen LogP contribution in [0.5, 0.6) is 0 Å². The molecule has 1 fully saturated rings. The van der Waals surface area contributed by atoms with Crippen molar-refractivity contribution < 1.29 is 4.39 Å². The van der Waals surface area contributed by atoms with Crippen LogP contribution < -0.4 is 5.73 Å². The largest absolute Gasteiger partial charge is 0.369 e. The molecular formula is C15H20BrFN4. The first-order valence-corrected chi connectivity index (χ1v) is 7.97. The van der Waals surface area contributed by atoms with E-state index in [2.05, 4.69) is 39.8 Å². The summed E-state index contributed by atoms with van der Waals surface area (Å²) in [6.07, 6.45) is 2.23. The van der Waals surface area contributed by atoms with Gasteiger partial charge in [-0.2, -0.15) is 0 Å². The second kappa shape index (κ2) is 5.25. The van der Waals surface area contributed by atoms with Crippen LogP contribution >= 0.6 is 15.9 Å². The van der Waals surface area contributed by atoms with Gasteiger partial charge in [-0.3, -0.25) is 0 Å². The van der Waals surface area contributed by atoms with Gasteiger partial charge in [0, 0.05) is 12.6 Å². The van der Waals surface area contributed by atoms with Gasteiger partial charge in [0.15, 0.2) is 0 Å². The van der Waals surface area contributed by atoms with E-state index in [1.54, 1.807) is 6.07 Å². The molecular weight excluding hydrogens is 335 g/mol. The molecule has 0 spiro atoms. The monoisotopic (exact) mass is 354 g/mol. The lowest BCUT2D eigenvalue weighted by atomic mass is 9.80. The molecule has 0 bridgehead atoms. The summed E-state index contributed by atoms with van der Waals surface area (Å²) in [5.74, 6) is 0.180. The number of fused-ring (bicyclic) bond motifs is 1. The number of hydrogen-bond acceptors (Lipinski definition) is 3. The average molecular weight is 355 g/mol. The predicted molar refractivity (Wildman–Crippen MR) is 86.6 cm³/mol. The number of rotatable bonds is 2. The maximum absolute atomic E-state index is 13.8. The van der Waals surface area contributed by atoms with E-state index in [0.717, 1.165) is 43.5 Å². The molecule has 0 aliphatic carbocycles. The maximum Gasteiger partial charge on any atom is 0.201 e. The van der Waals surface area contributed by atoms with E-state index in [1.807, 2.05) is 4.57 Å². The summed E-state index contributed by atoms with van der Waals surface area (Å²) < 4.78 is 16.2. The zero-order valence-corrected chi connectivity index (χ0v) is 14.0. The molecule has 0 saturated carbocycles. The Labute approximate surface area is 132 Å². The number of hydrogen-bond donors (Lipinski definition) is 1. The third kappa shape index (κ3) is 2.79. The minimum absolute atomic E-state index is 0.178. The second-order valence-corrected chi connectivity index (χ2v) is 7.28. The van der Waals surface area contributed by atoms with Crippen LogP contribution in [0.1, 0.15) is 19.8 Å². The van der Waals surface area contributed by atoms with E-state index in [-0.39, 0.29) is 11.2 Å². The molecule has 4 nitrogen and oxygen atoms in total. The number of aromatic nitrogens is 2. The van der Waals surface area contributed by atoms with Crippen LogP contribution in [-0.2, 0) is 6.54 Å². The Morgan fingerprint density at radius 3 is 2.71 bits per heavy atom. The lowest BCUT2D eigenvalue weighted by molar-refractivity contribution is 0.122. The lowest BCUT2D eigenvalue weighted by Crippen LogP contribution is -2.38. The SMILES string of the molecule is CN1CCC(C)(Cn2c(N)nc3cc(Br)c(F)cc32)CC1. The highest BCUT2D eigenvalue weighted by Crippen LogP contribution is 2.35. The summed E-state index contributed by atoms with van der Waals surface area (Å²) in [5.41, 5.74) is 7.74. The first-order valence-electron chi connectivity index (χ1n) is 7.17. The van der Waals surface area contributed by atoms with E-state index in [0.29, 0.717) is 10.4 Å². The number of halogens is 2. The standard InChI is InChI=1S/C15H20BrFN4/c1-15(3-5-20(2)6-4-15)9-21-13-8-11(17)10(16)7-12(13)19-14(21)18/h7-8H,3-6,9H2,1-2H3,(H2,18,19). The lowest BCUT2D eigenvalue weighted by Gasteiger charge is -2.38. The van der Waals surface area contributed by atoms with Crippen LogP contribution in [0.4, 0.5) is 10.3 Å². The fourth-order valence-electron chi connectivity index (χ4n) is 3.00. The smallest absolute Gasteiger partial charge is 0.201 e. The molecule has 114 valence electrons. The number of piperidine rings is 1. The van der Waals surface area contributed by atoms with E-state index in [4.69, 9.17) is 5.73 Å². The highest BCUT2D eigenvalue weighted by atomic mass is 79.9. The van der Waals surface area contributed by atoms with Crippen LogP contribution in [0.3, 0.4) is 0 Å². The molecule has 0 atom stereocenters. The van der Waals surface area contributed by atoms with Crippen molar-refractivity contribution in [3.8, 4) is 0 Å². The zero-order valence-electron chi connectivity index (χ0n) is 12.4. The summed E-state index contributed by atoms with van der Waals surface area (Å²) in [6, 6.07) is 3.20. The molecule has 1 aliphatic rings.